The predicted molar refractivity (Wildman–Crippen MR) is 42.4 cm³/mol. The van der Waals surface area contributed by atoms with E-state index in [4.69, 9.17) is 0 Å². The molecular weight excluding hydrogens is 156 g/mol. The van der Waals surface area contributed by atoms with Crippen LogP contribution in [0.1, 0.15) is 24.0 Å². The maximum Gasteiger partial charge on any atom is 0.125 e. The third-order valence-electron chi connectivity index (χ3n) is 1.46. The summed E-state index contributed by atoms with van der Waals surface area (Å²) in [5.74, 6) is 0.595. The van der Waals surface area contributed by atoms with E-state index in [0.29, 0.717) is 17.8 Å². The first kappa shape index (κ1) is 8.80. The summed E-state index contributed by atoms with van der Waals surface area (Å²) in [7, 11) is 0. The molecule has 0 amide bonds. The molecule has 0 radical (unpaired) electrons. The van der Waals surface area contributed by atoms with Crippen molar-refractivity contribution in [2.24, 2.45) is 0 Å². The van der Waals surface area contributed by atoms with Crippen molar-refractivity contribution in [3.05, 3.63) is 23.8 Å². The van der Waals surface area contributed by atoms with Gasteiger partial charge in [-0.2, -0.15) is 0 Å². The minimum absolute atomic E-state index is 0.0798. The fourth-order valence-corrected chi connectivity index (χ4v) is 0.872. The number of hydrogen-bond acceptors (Lipinski definition) is 4. The molecule has 12 heavy (non-hydrogen) atoms. The van der Waals surface area contributed by atoms with Gasteiger partial charge in [0.1, 0.15) is 18.2 Å². The molecule has 0 aliphatic heterocycles. The van der Waals surface area contributed by atoms with Crippen molar-refractivity contribution in [1.29, 1.82) is 0 Å². The van der Waals surface area contributed by atoms with Crippen LogP contribution in [0.5, 0.6) is 0 Å². The van der Waals surface area contributed by atoms with Gasteiger partial charge in [0, 0.05) is 12.6 Å². The molecule has 1 heterocycles. The molecule has 1 unspecified atom stereocenters. The molecule has 1 aromatic heterocycles. The van der Waals surface area contributed by atoms with Gasteiger partial charge in [0.2, 0.25) is 0 Å². The van der Waals surface area contributed by atoms with E-state index in [1.165, 1.54) is 0 Å². The lowest BCUT2D eigenvalue weighted by atomic mass is 10.2. The Kier molecular flexibility index (Phi) is 2.88. The van der Waals surface area contributed by atoms with Crippen LogP contribution in [0.2, 0.25) is 0 Å². The summed E-state index contributed by atoms with van der Waals surface area (Å²) in [5, 5.41) is 9.32. The van der Waals surface area contributed by atoms with Crippen molar-refractivity contribution in [2.45, 2.75) is 19.4 Å². The monoisotopic (exact) mass is 166 g/mol. The van der Waals surface area contributed by atoms with Gasteiger partial charge in [-0.15, -0.1) is 0 Å². The molecule has 1 rings (SSSR count). The van der Waals surface area contributed by atoms with Crippen LogP contribution in [0.15, 0.2) is 12.3 Å². The molecule has 0 saturated heterocycles. The van der Waals surface area contributed by atoms with E-state index in [1.54, 1.807) is 19.2 Å². The Morgan fingerprint density at radius 1 is 1.75 bits per heavy atom. The molecule has 1 aromatic rings. The normalized spacial score (nSPS) is 12.5. The highest BCUT2D eigenvalue weighted by atomic mass is 16.3. The van der Waals surface area contributed by atoms with Gasteiger partial charge >= 0.3 is 0 Å². The molecule has 4 nitrogen and oxygen atoms in total. The van der Waals surface area contributed by atoms with Gasteiger partial charge in [-0.25, -0.2) is 9.97 Å². The first-order chi connectivity index (χ1) is 5.74. The van der Waals surface area contributed by atoms with E-state index < -0.39 is 6.10 Å². The van der Waals surface area contributed by atoms with E-state index in [0.717, 1.165) is 0 Å². The molecule has 0 saturated carbocycles. The summed E-state index contributed by atoms with van der Waals surface area (Å²) in [6, 6.07) is 1.60. The lowest BCUT2D eigenvalue weighted by molar-refractivity contribution is -0.109. The van der Waals surface area contributed by atoms with Crippen molar-refractivity contribution in [3.8, 4) is 0 Å². The average Bonchev–Trinajstić information content (AvgIpc) is 2.05. The Bertz CT molecular complexity index is 276. The van der Waals surface area contributed by atoms with E-state index in [2.05, 4.69) is 9.97 Å². The molecule has 0 aliphatic rings. The number of hydrogen-bond donors (Lipinski definition) is 1. The van der Waals surface area contributed by atoms with Gasteiger partial charge in [-0.1, -0.05) is 0 Å². The van der Waals surface area contributed by atoms with Gasteiger partial charge in [-0.05, 0) is 13.0 Å². The van der Waals surface area contributed by atoms with Crippen molar-refractivity contribution in [3.63, 3.8) is 0 Å². The van der Waals surface area contributed by atoms with Gasteiger partial charge in [0.15, 0.2) is 0 Å². The zero-order chi connectivity index (χ0) is 8.97. The standard InChI is InChI=1S/C8H10N2O2/c1-6-9-4-2-7(10-6)8(12)3-5-11/h2,4-5,8,12H,3H2,1H3. The van der Waals surface area contributed by atoms with Crippen molar-refractivity contribution in [2.75, 3.05) is 0 Å². The third kappa shape index (κ3) is 2.10. The number of aliphatic hydroxyl groups excluding tert-OH is 1. The van der Waals surface area contributed by atoms with Crippen LogP contribution in [-0.4, -0.2) is 21.4 Å². The summed E-state index contributed by atoms with van der Waals surface area (Å²) >= 11 is 0. The number of rotatable bonds is 3. The summed E-state index contributed by atoms with van der Waals surface area (Å²) in [6.45, 7) is 1.73. The second kappa shape index (κ2) is 3.92. The maximum absolute atomic E-state index is 10.1. The van der Waals surface area contributed by atoms with Crippen LogP contribution in [0.3, 0.4) is 0 Å². The Labute approximate surface area is 70.3 Å². The molecule has 0 bridgehead atoms. The zero-order valence-corrected chi connectivity index (χ0v) is 6.77. The van der Waals surface area contributed by atoms with Crippen LogP contribution in [0, 0.1) is 6.92 Å². The number of aliphatic hydroxyl groups is 1. The van der Waals surface area contributed by atoms with Crippen molar-refractivity contribution in [1.82, 2.24) is 9.97 Å². The molecule has 0 spiro atoms. The number of aromatic nitrogens is 2. The number of aldehydes is 1. The first-order valence-electron chi connectivity index (χ1n) is 3.65. The number of carbonyl (C=O) groups is 1. The Morgan fingerprint density at radius 2 is 2.50 bits per heavy atom. The number of carbonyl (C=O) groups excluding carboxylic acids is 1. The van der Waals surface area contributed by atoms with E-state index in [9.17, 15) is 9.90 Å². The quantitative estimate of drug-likeness (QED) is 0.660. The van der Waals surface area contributed by atoms with Crippen LogP contribution in [-0.2, 0) is 4.79 Å². The lowest BCUT2D eigenvalue weighted by Gasteiger charge is -2.05. The Hall–Kier alpha value is -1.29. The third-order valence-corrected chi connectivity index (χ3v) is 1.46. The van der Waals surface area contributed by atoms with Crippen LogP contribution in [0.4, 0.5) is 0 Å². The highest BCUT2D eigenvalue weighted by Crippen LogP contribution is 2.11. The fourth-order valence-electron chi connectivity index (χ4n) is 0.872. The number of aryl methyl sites for hydroxylation is 1. The minimum atomic E-state index is -0.802. The van der Waals surface area contributed by atoms with Gasteiger partial charge in [0.05, 0.1) is 5.69 Å². The SMILES string of the molecule is Cc1nccc(C(O)CC=O)n1. The largest absolute Gasteiger partial charge is 0.386 e. The van der Waals surface area contributed by atoms with Gasteiger partial charge in [-0.3, -0.25) is 0 Å². The molecule has 1 N–H and O–H groups in total. The Balaban J connectivity index is 2.80. The van der Waals surface area contributed by atoms with Crippen molar-refractivity contribution >= 4 is 6.29 Å². The molecule has 4 heteroatoms. The summed E-state index contributed by atoms with van der Waals surface area (Å²) < 4.78 is 0. The molecule has 64 valence electrons. The fraction of sp³-hybridized carbons (Fsp3) is 0.375. The summed E-state index contributed by atoms with van der Waals surface area (Å²) in [4.78, 5) is 17.9. The molecule has 0 aliphatic carbocycles. The van der Waals surface area contributed by atoms with E-state index in [1.807, 2.05) is 0 Å². The molecule has 0 fully saturated rings. The second-order valence-corrected chi connectivity index (χ2v) is 2.45. The smallest absolute Gasteiger partial charge is 0.125 e. The maximum atomic E-state index is 10.1. The van der Waals surface area contributed by atoms with E-state index >= 15 is 0 Å². The molecule has 0 aromatic carbocycles. The Morgan fingerprint density at radius 3 is 3.08 bits per heavy atom. The summed E-state index contributed by atoms with van der Waals surface area (Å²) in [6.07, 6.45) is 1.51. The van der Waals surface area contributed by atoms with Gasteiger partial charge in [0.25, 0.3) is 0 Å². The highest BCUT2D eigenvalue weighted by molar-refractivity contribution is 5.50. The predicted octanol–water partition coefficient (Wildman–Crippen LogP) is 0.407. The van der Waals surface area contributed by atoms with Crippen molar-refractivity contribution < 1.29 is 9.90 Å². The average molecular weight is 166 g/mol. The highest BCUT2D eigenvalue weighted by Gasteiger charge is 2.07. The first-order valence-corrected chi connectivity index (χ1v) is 3.65. The molecule has 1 atom stereocenters. The topological polar surface area (TPSA) is 63.1 Å². The summed E-state index contributed by atoms with van der Waals surface area (Å²) in [5.41, 5.74) is 0.495. The van der Waals surface area contributed by atoms with E-state index in [-0.39, 0.29) is 6.42 Å². The lowest BCUT2D eigenvalue weighted by Crippen LogP contribution is -2.02. The minimum Gasteiger partial charge on any atom is -0.386 e. The van der Waals surface area contributed by atoms with Gasteiger partial charge < -0.3 is 9.90 Å². The van der Waals surface area contributed by atoms with Crippen LogP contribution >= 0.6 is 0 Å². The van der Waals surface area contributed by atoms with Crippen LogP contribution < -0.4 is 0 Å². The second-order valence-electron chi connectivity index (χ2n) is 2.45. The number of nitrogens with zero attached hydrogens (tertiary/aromatic N) is 2. The molecular formula is C8H10N2O2. The zero-order valence-electron chi connectivity index (χ0n) is 6.77. The van der Waals surface area contributed by atoms with Crippen LogP contribution in [0.25, 0.3) is 0 Å².